The highest BCUT2D eigenvalue weighted by molar-refractivity contribution is 5.97. The minimum atomic E-state index is -0.936. The Kier molecular flexibility index (Phi) is 3.40. The maximum atomic E-state index is 12.1. The number of benzene rings is 1. The highest BCUT2D eigenvalue weighted by Crippen LogP contribution is 2.31. The number of ether oxygens (including phenoxy) is 1. The maximum Gasteiger partial charge on any atom is 0.245 e. The molecular weight excluding hydrogens is 216 g/mol. The van der Waals surface area contributed by atoms with Gasteiger partial charge in [-0.25, -0.2) is 0 Å². The lowest BCUT2D eigenvalue weighted by Crippen LogP contribution is -2.39. The van der Waals surface area contributed by atoms with Crippen LogP contribution in [0.4, 0.5) is 5.69 Å². The summed E-state index contributed by atoms with van der Waals surface area (Å²) in [5, 5.41) is 12.0. The first-order chi connectivity index (χ1) is 8.27. The van der Waals surface area contributed by atoms with Crippen LogP contribution in [0.2, 0.25) is 0 Å². The van der Waals surface area contributed by atoms with Gasteiger partial charge in [0.2, 0.25) is 5.91 Å². The van der Waals surface area contributed by atoms with Crippen LogP contribution in [0.25, 0.3) is 0 Å². The number of carbonyl (C=O) groups is 1. The molecule has 0 atom stereocenters. The molecule has 1 amide bonds. The van der Waals surface area contributed by atoms with E-state index < -0.39 is 5.41 Å². The SMILES string of the molecule is N#CC1(C(=O)Nc2ccccc2)CCOCC1. The Labute approximate surface area is 100 Å². The average Bonchev–Trinajstić information content (AvgIpc) is 2.40. The number of nitrogens with zero attached hydrogens (tertiary/aromatic N) is 1. The normalized spacial score (nSPS) is 18.1. The molecule has 1 aliphatic rings. The summed E-state index contributed by atoms with van der Waals surface area (Å²) >= 11 is 0. The predicted octanol–water partition coefficient (Wildman–Crippen LogP) is 1.95. The Morgan fingerprint density at radius 2 is 1.94 bits per heavy atom. The van der Waals surface area contributed by atoms with Crippen LogP contribution < -0.4 is 5.32 Å². The molecule has 1 heterocycles. The van der Waals surface area contributed by atoms with Crippen LogP contribution in [0, 0.1) is 16.7 Å². The molecule has 0 aliphatic carbocycles. The second kappa shape index (κ2) is 4.98. The van der Waals surface area contributed by atoms with Crippen molar-refractivity contribution in [3.05, 3.63) is 30.3 Å². The van der Waals surface area contributed by atoms with E-state index in [1.807, 2.05) is 30.3 Å². The van der Waals surface area contributed by atoms with Crippen LogP contribution in [0.3, 0.4) is 0 Å². The summed E-state index contributed by atoms with van der Waals surface area (Å²) in [4.78, 5) is 12.1. The molecule has 0 aromatic heterocycles. The van der Waals surface area contributed by atoms with Crippen LogP contribution in [-0.4, -0.2) is 19.1 Å². The smallest absolute Gasteiger partial charge is 0.245 e. The average molecular weight is 230 g/mol. The van der Waals surface area contributed by atoms with E-state index in [-0.39, 0.29) is 5.91 Å². The molecule has 1 fully saturated rings. The monoisotopic (exact) mass is 230 g/mol. The van der Waals surface area contributed by atoms with Gasteiger partial charge < -0.3 is 10.1 Å². The Morgan fingerprint density at radius 1 is 1.29 bits per heavy atom. The Balaban J connectivity index is 2.11. The van der Waals surface area contributed by atoms with E-state index in [1.165, 1.54) is 0 Å². The molecule has 0 radical (unpaired) electrons. The van der Waals surface area contributed by atoms with E-state index in [0.29, 0.717) is 26.1 Å². The molecule has 88 valence electrons. The van der Waals surface area contributed by atoms with Crippen molar-refractivity contribution in [1.29, 1.82) is 5.26 Å². The van der Waals surface area contributed by atoms with Gasteiger partial charge in [0.15, 0.2) is 0 Å². The number of nitriles is 1. The van der Waals surface area contributed by atoms with Crippen molar-refractivity contribution in [3.8, 4) is 6.07 Å². The van der Waals surface area contributed by atoms with Crippen molar-refractivity contribution < 1.29 is 9.53 Å². The minimum Gasteiger partial charge on any atom is -0.381 e. The number of amides is 1. The lowest BCUT2D eigenvalue weighted by molar-refractivity contribution is -0.126. The largest absolute Gasteiger partial charge is 0.381 e. The summed E-state index contributed by atoms with van der Waals surface area (Å²) in [6.07, 6.45) is 0.921. The fourth-order valence-electron chi connectivity index (χ4n) is 1.88. The van der Waals surface area contributed by atoms with E-state index in [2.05, 4.69) is 11.4 Å². The van der Waals surface area contributed by atoms with Gasteiger partial charge >= 0.3 is 0 Å². The van der Waals surface area contributed by atoms with Crippen LogP contribution in [0.15, 0.2) is 30.3 Å². The number of hydrogen-bond donors (Lipinski definition) is 1. The molecule has 4 nitrogen and oxygen atoms in total. The summed E-state index contributed by atoms with van der Waals surface area (Å²) in [6, 6.07) is 11.3. The number of nitrogens with one attached hydrogen (secondary N) is 1. The third kappa shape index (κ3) is 2.45. The molecule has 2 rings (SSSR count). The number of anilines is 1. The van der Waals surface area contributed by atoms with Gasteiger partial charge in [-0.2, -0.15) is 5.26 Å². The van der Waals surface area contributed by atoms with Gasteiger partial charge in [0.25, 0.3) is 0 Å². The van der Waals surface area contributed by atoms with Crippen LogP contribution in [0.1, 0.15) is 12.8 Å². The molecule has 1 aliphatic heterocycles. The maximum absolute atomic E-state index is 12.1. The van der Waals surface area contributed by atoms with E-state index in [1.54, 1.807) is 0 Å². The molecular formula is C13H14N2O2. The van der Waals surface area contributed by atoms with Gasteiger partial charge in [0, 0.05) is 18.9 Å². The van der Waals surface area contributed by atoms with Crippen molar-refractivity contribution in [1.82, 2.24) is 0 Å². The van der Waals surface area contributed by atoms with E-state index in [9.17, 15) is 10.1 Å². The van der Waals surface area contributed by atoms with Gasteiger partial charge in [0.05, 0.1) is 6.07 Å². The Morgan fingerprint density at radius 3 is 2.53 bits per heavy atom. The molecule has 1 aromatic rings. The fourth-order valence-corrected chi connectivity index (χ4v) is 1.88. The van der Waals surface area contributed by atoms with Gasteiger partial charge in [-0.3, -0.25) is 4.79 Å². The Hall–Kier alpha value is -1.86. The fraction of sp³-hybridized carbons (Fsp3) is 0.385. The van der Waals surface area contributed by atoms with E-state index in [0.717, 1.165) is 5.69 Å². The zero-order chi connectivity index (χ0) is 12.1. The van der Waals surface area contributed by atoms with Crippen molar-refractivity contribution in [3.63, 3.8) is 0 Å². The molecule has 4 heteroatoms. The van der Waals surface area contributed by atoms with Gasteiger partial charge in [-0.05, 0) is 25.0 Å². The van der Waals surface area contributed by atoms with Crippen molar-refractivity contribution in [2.24, 2.45) is 5.41 Å². The molecule has 0 spiro atoms. The molecule has 1 N–H and O–H groups in total. The number of carbonyl (C=O) groups excluding carboxylic acids is 1. The lowest BCUT2D eigenvalue weighted by Gasteiger charge is -2.29. The highest BCUT2D eigenvalue weighted by Gasteiger charge is 2.40. The quantitative estimate of drug-likeness (QED) is 0.844. The zero-order valence-electron chi connectivity index (χ0n) is 9.48. The van der Waals surface area contributed by atoms with Crippen LogP contribution in [-0.2, 0) is 9.53 Å². The molecule has 0 unspecified atom stereocenters. The summed E-state index contributed by atoms with van der Waals surface area (Å²) in [5.41, 5.74) is -0.215. The Bertz CT molecular complexity index is 430. The first-order valence-electron chi connectivity index (χ1n) is 5.62. The van der Waals surface area contributed by atoms with E-state index >= 15 is 0 Å². The van der Waals surface area contributed by atoms with Gasteiger partial charge in [0.1, 0.15) is 5.41 Å². The summed E-state index contributed by atoms with van der Waals surface area (Å²) in [5.74, 6) is -0.227. The molecule has 17 heavy (non-hydrogen) atoms. The number of hydrogen-bond acceptors (Lipinski definition) is 3. The minimum absolute atomic E-state index is 0.227. The van der Waals surface area contributed by atoms with Crippen LogP contribution in [0.5, 0.6) is 0 Å². The molecule has 0 saturated carbocycles. The highest BCUT2D eigenvalue weighted by atomic mass is 16.5. The van der Waals surface area contributed by atoms with Crippen LogP contribution >= 0.6 is 0 Å². The van der Waals surface area contributed by atoms with E-state index in [4.69, 9.17) is 4.74 Å². The standard InChI is InChI=1S/C13H14N2O2/c14-10-13(6-8-17-9-7-13)12(16)15-11-4-2-1-3-5-11/h1-5H,6-9H2,(H,15,16). The molecule has 1 aromatic carbocycles. The van der Waals surface area contributed by atoms with Crippen molar-refractivity contribution >= 4 is 11.6 Å². The van der Waals surface area contributed by atoms with Crippen molar-refractivity contribution in [2.45, 2.75) is 12.8 Å². The summed E-state index contributed by atoms with van der Waals surface area (Å²) in [7, 11) is 0. The molecule has 1 saturated heterocycles. The summed E-state index contributed by atoms with van der Waals surface area (Å²) in [6.45, 7) is 0.936. The summed E-state index contributed by atoms with van der Waals surface area (Å²) < 4.78 is 5.20. The predicted molar refractivity (Wildman–Crippen MR) is 63.2 cm³/mol. The third-order valence-corrected chi connectivity index (χ3v) is 3.03. The zero-order valence-corrected chi connectivity index (χ0v) is 9.48. The molecule has 0 bridgehead atoms. The topological polar surface area (TPSA) is 62.1 Å². The second-order valence-corrected chi connectivity index (χ2v) is 4.13. The lowest BCUT2D eigenvalue weighted by atomic mass is 9.81. The number of rotatable bonds is 2. The first-order valence-corrected chi connectivity index (χ1v) is 5.62. The van der Waals surface area contributed by atoms with Crippen molar-refractivity contribution in [2.75, 3.05) is 18.5 Å². The first kappa shape index (κ1) is 11.6. The van der Waals surface area contributed by atoms with Gasteiger partial charge in [-0.15, -0.1) is 0 Å². The third-order valence-electron chi connectivity index (χ3n) is 3.03. The van der Waals surface area contributed by atoms with Gasteiger partial charge in [-0.1, -0.05) is 18.2 Å². The number of para-hydroxylation sites is 1. The second-order valence-electron chi connectivity index (χ2n) is 4.13.